The summed E-state index contributed by atoms with van der Waals surface area (Å²) in [4.78, 5) is 25.2. The largest absolute Gasteiger partial charge is 0.454 e. The molecule has 2 atom stereocenters. The van der Waals surface area contributed by atoms with Gasteiger partial charge in [-0.25, -0.2) is 0 Å². The standard InChI is InChI=1S/C20H22N2O4/c1-3-13(2)18(22-19(23)14-7-5-4-6-8-14)20(24)21-15-9-10-16-17(11-15)26-12-25-16/h4-11,13,18H,3,12H2,1-2H3,(H,21,24)(H,22,23)/t13-,18-/m0/s1. The van der Waals surface area contributed by atoms with E-state index in [0.29, 0.717) is 22.7 Å². The van der Waals surface area contributed by atoms with E-state index in [0.717, 1.165) is 6.42 Å². The SMILES string of the molecule is CC[C@H](C)[C@H](NC(=O)c1ccccc1)C(=O)Nc1ccc2c(c1)OCO2. The minimum absolute atomic E-state index is 0.0170. The summed E-state index contributed by atoms with van der Waals surface area (Å²) >= 11 is 0. The number of carbonyl (C=O) groups is 2. The van der Waals surface area contributed by atoms with Crippen LogP contribution >= 0.6 is 0 Å². The van der Waals surface area contributed by atoms with Crippen molar-refractivity contribution in [2.45, 2.75) is 26.3 Å². The highest BCUT2D eigenvalue weighted by Crippen LogP contribution is 2.34. The minimum Gasteiger partial charge on any atom is -0.454 e. The molecular weight excluding hydrogens is 332 g/mol. The molecule has 2 aromatic rings. The molecule has 26 heavy (non-hydrogen) atoms. The lowest BCUT2D eigenvalue weighted by molar-refractivity contribution is -0.119. The second-order valence-corrected chi connectivity index (χ2v) is 6.26. The van der Waals surface area contributed by atoms with Crippen molar-refractivity contribution < 1.29 is 19.1 Å². The molecule has 0 unspecified atom stereocenters. The Morgan fingerprint density at radius 1 is 1.08 bits per heavy atom. The number of rotatable bonds is 6. The first-order valence-electron chi connectivity index (χ1n) is 8.65. The Kier molecular flexibility index (Phi) is 5.41. The summed E-state index contributed by atoms with van der Waals surface area (Å²) < 4.78 is 10.6. The van der Waals surface area contributed by atoms with Gasteiger partial charge in [0.15, 0.2) is 11.5 Å². The topological polar surface area (TPSA) is 76.7 Å². The summed E-state index contributed by atoms with van der Waals surface area (Å²) in [7, 11) is 0. The summed E-state index contributed by atoms with van der Waals surface area (Å²) in [5.74, 6) is 0.700. The van der Waals surface area contributed by atoms with Crippen molar-refractivity contribution in [2.24, 2.45) is 5.92 Å². The van der Waals surface area contributed by atoms with Gasteiger partial charge in [-0.1, -0.05) is 38.5 Å². The molecule has 2 amide bonds. The highest BCUT2D eigenvalue weighted by Gasteiger charge is 2.27. The minimum atomic E-state index is -0.641. The molecule has 0 saturated heterocycles. The number of amides is 2. The Morgan fingerprint density at radius 2 is 1.81 bits per heavy atom. The molecule has 0 aliphatic carbocycles. The maximum absolute atomic E-state index is 12.8. The van der Waals surface area contributed by atoms with E-state index in [1.807, 2.05) is 19.9 Å². The van der Waals surface area contributed by atoms with Crippen molar-refractivity contribution in [1.82, 2.24) is 5.32 Å². The van der Waals surface area contributed by atoms with Gasteiger partial charge < -0.3 is 20.1 Å². The summed E-state index contributed by atoms with van der Waals surface area (Å²) in [6, 6.07) is 13.4. The molecule has 136 valence electrons. The first-order chi connectivity index (χ1) is 12.6. The van der Waals surface area contributed by atoms with Crippen molar-refractivity contribution in [3.63, 3.8) is 0 Å². The van der Waals surface area contributed by atoms with Gasteiger partial charge in [0.05, 0.1) is 0 Å². The van der Waals surface area contributed by atoms with E-state index in [1.165, 1.54) is 0 Å². The van der Waals surface area contributed by atoms with Crippen molar-refractivity contribution in [3.05, 3.63) is 54.1 Å². The van der Waals surface area contributed by atoms with Crippen molar-refractivity contribution >= 4 is 17.5 Å². The van der Waals surface area contributed by atoms with Crippen LogP contribution in [0.15, 0.2) is 48.5 Å². The highest BCUT2D eigenvalue weighted by atomic mass is 16.7. The molecule has 6 nitrogen and oxygen atoms in total. The smallest absolute Gasteiger partial charge is 0.251 e. The fraction of sp³-hybridized carbons (Fsp3) is 0.300. The van der Waals surface area contributed by atoms with Crippen molar-refractivity contribution in [3.8, 4) is 11.5 Å². The van der Waals surface area contributed by atoms with Crippen LogP contribution in [0.3, 0.4) is 0 Å². The molecule has 0 spiro atoms. The van der Waals surface area contributed by atoms with Gasteiger partial charge >= 0.3 is 0 Å². The third kappa shape index (κ3) is 3.96. The number of ether oxygens (including phenoxy) is 2. The molecule has 0 saturated carbocycles. The second kappa shape index (κ2) is 7.91. The van der Waals surface area contributed by atoms with Gasteiger partial charge in [0.1, 0.15) is 6.04 Å². The van der Waals surface area contributed by atoms with Crippen LogP contribution in [-0.4, -0.2) is 24.6 Å². The molecule has 2 aromatic carbocycles. The molecule has 1 aliphatic heterocycles. The van der Waals surface area contributed by atoms with Crippen LogP contribution in [0.1, 0.15) is 30.6 Å². The van der Waals surface area contributed by atoms with Gasteiger partial charge in [0.2, 0.25) is 12.7 Å². The van der Waals surface area contributed by atoms with E-state index >= 15 is 0 Å². The fourth-order valence-corrected chi connectivity index (χ4v) is 2.71. The van der Waals surface area contributed by atoms with Crippen LogP contribution in [-0.2, 0) is 4.79 Å². The third-order valence-corrected chi connectivity index (χ3v) is 4.46. The molecular formula is C20H22N2O4. The Labute approximate surface area is 152 Å². The number of hydrogen-bond donors (Lipinski definition) is 2. The number of benzene rings is 2. The monoisotopic (exact) mass is 354 g/mol. The molecule has 0 aromatic heterocycles. The molecule has 3 rings (SSSR count). The quantitative estimate of drug-likeness (QED) is 0.835. The van der Waals surface area contributed by atoms with Gasteiger partial charge in [-0.3, -0.25) is 9.59 Å². The Morgan fingerprint density at radius 3 is 2.54 bits per heavy atom. The van der Waals surface area contributed by atoms with E-state index in [-0.39, 0.29) is 24.5 Å². The van der Waals surface area contributed by atoms with Crippen LogP contribution < -0.4 is 20.1 Å². The maximum atomic E-state index is 12.8. The zero-order valence-electron chi connectivity index (χ0n) is 14.8. The molecule has 0 bridgehead atoms. The number of hydrogen-bond acceptors (Lipinski definition) is 4. The maximum Gasteiger partial charge on any atom is 0.251 e. The summed E-state index contributed by atoms with van der Waals surface area (Å²) in [6.45, 7) is 4.10. The molecule has 6 heteroatoms. The van der Waals surface area contributed by atoms with E-state index in [4.69, 9.17) is 9.47 Å². The van der Waals surface area contributed by atoms with Gasteiger partial charge in [-0.2, -0.15) is 0 Å². The first-order valence-corrected chi connectivity index (χ1v) is 8.65. The van der Waals surface area contributed by atoms with Crippen LogP contribution in [0.5, 0.6) is 11.5 Å². The normalized spacial score (nSPS) is 14.4. The van der Waals surface area contributed by atoms with Gasteiger partial charge in [0, 0.05) is 17.3 Å². The average Bonchev–Trinajstić information content (AvgIpc) is 3.13. The lowest BCUT2D eigenvalue weighted by Crippen LogP contribution is -2.47. The molecule has 0 radical (unpaired) electrons. The third-order valence-electron chi connectivity index (χ3n) is 4.46. The lowest BCUT2D eigenvalue weighted by atomic mass is 9.97. The molecule has 0 fully saturated rings. The van der Waals surface area contributed by atoms with E-state index < -0.39 is 6.04 Å². The van der Waals surface area contributed by atoms with Gasteiger partial charge in [-0.15, -0.1) is 0 Å². The van der Waals surface area contributed by atoms with E-state index in [2.05, 4.69) is 10.6 Å². The fourth-order valence-electron chi connectivity index (χ4n) is 2.71. The molecule has 1 heterocycles. The van der Waals surface area contributed by atoms with E-state index in [9.17, 15) is 9.59 Å². The summed E-state index contributed by atoms with van der Waals surface area (Å²) in [5, 5.41) is 5.70. The first kappa shape index (κ1) is 17.8. The summed E-state index contributed by atoms with van der Waals surface area (Å²) in [6.07, 6.45) is 0.758. The Bertz CT molecular complexity index is 792. The Balaban J connectivity index is 1.72. The number of anilines is 1. The van der Waals surface area contributed by atoms with Gasteiger partial charge in [-0.05, 0) is 30.2 Å². The number of nitrogens with one attached hydrogen (secondary N) is 2. The zero-order chi connectivity index (χ0) is 18.5. The summed E-state index contributed by atoms with van der Waals surface area (Å²) in [5.41, 5.74) is 1.12. The van der Waals surface area contributed by atoms with E-state index in [1.54, 1.807) is 42.5 Å². The molecule has 1 aliphatic rings. The average molecular weight is 354 g/mol. The predicted octanol–water partition coefficient (Wildman–Crippen LogP) is 3.20. The van der Waals surface area contributed by atoms with Crippen molar-refractivity contribution in [2.75, 3.05) is 12.1 Å². The Hall–Kier alpha value is -3.02. The second-order valence-electron chi connectivity index (χ2n) is 6.26. The van der Waals surface area contributed by atoms with Crippen LogP contribution in [0.4, 0.5) is 5.69 Å². The number of fused-ring (bicyclic) bond motifs is 1. The molecule has 2 N–H and O–H groups in total. The highest BCUT2D eigenvalue weighted by molar-refractivity contribution is 6.01. The van der Waals surface area contributed by atoms with Crippen LogP contribution in [0.2, 0.25) is 0 Å². The number of carbonyl (C=O) groups excluding carboxylic acids is 2. The zero-order valence-corrected chi connectivity index (χ0v) is 14.8. The van der Waals surface area contributed by atoms with Gasteiger partial charge in [0.25, 0.3) is 5.91 Å². The predicted molar refractivity (Wildman–Crippen MR) is 98.3 cm³/mol. The van der Waals surface area contributed by atoms with Crippen LogP contribution in [0.25, 0.3) is 0 Å². The lowest BCUT2D eigenvalue weighted by Gasteiger charge is -2.23. The van der Waals surface area contributed by atoms with Crippen LogP contribution in [0, 0.1) is 5.92 Å². The van der Waals surface area contributed by atoms with Crippen molar-refractivity contribution in [1.29, 1.82) is 0 Å².